The highest BCUT2D eigenvalue weighted by Gasteiger charge is 2.04. The standard InChI is InChI=1S/C7H9N3O/c1-6-4-2-3-5-10(6)9-7(8)11/h2-5H,1H3,(H2-,8,9,11)/p+1. The maximum absolute atomic E-state index is 10.4. The zero-order chi connectivity index (χ0) is 8.27. The van der Waals surface area contributed by atoms with Gasteiger partial charge in [0.2, 0.25) is 5.69 Å². The number of carbonyl (C=O) groups is 1. The first-order chi connectivity index (χ1) is 5.20. The zero-order valence-electron chi connectivity index (χ0n) is 6.24. The molecule has 11 heavy (non-hydrogen) atoms. The SMILES string of the molecule is Cc1cccc[n+]1NC(N)=O. The van der Waals surface area contributed by atoms with Gasteiger partial charge in [-0.3, -0.25) is 0 Å². The highest BCUT2D eigenvalue weighted by atomic mass is 16.2. The number of nitrogens with one attached hydrogen (secondary N) is 1. The fourth-order valence-corrected chi connectivity index (χ4v) is 0.773. The molecule has 0 unspecified atom stereocenters. The molecule has 0 saturated heterocycles. The molecule has 0 aliphatic rings. The lowest BCUT2D eigenvalue weighted by molar-refractivity contribution is -0.647. The normalized spacial score (nSPS) is 9.18. The summed E-state index contributed by atoms with van der Waals surface area (Å²) in [4.78, 5) is 10.4. The fraction of sp³-hybridized carbons (Fsp3) is 0.143. The number of nitrogens with two attached hydrogens (primary N) is 1. The van der Waals surface area contributed by atoms with Crippen molar-refractivity contribution in [3.8, 4) is 0 Å². The Morgan fingerprint density at radius 2 is 2.36 bits per heavy atom. The lowest BCUT2D eigenvalue weighted by Crippen LogP contribution is -2.52. The van der Waals surface area contributed by atoms with Crippen LogP contribution >= 0.6 is 0 Å². The van der Waals surface area contributed by atoms with E-state index in [1.165, 1.54) is 0 Å². The van der Waals surface area contributed by atoms with Crippen molar-refractivity contribution in [2.24, 2.45) is 5.73 Å². The molecule has 1 aromatic rings. The van der Waals surface area contributed by atoms with E-state index in [-0.39, 0.29) is 0 Å². The number of nitrogens with zero attached hydrogens (tertiary/aromatic N) is 1. The van der Waals surface area contributed by atoms with E-state index in [1.54, 1.807) is 10.9 Å². The minimum atomic E-state index is -0.565. The topological polar surface area (TPSA) is 59.0 Å². The first kappa shape index (κ1) is 7.53. The Bertz CT molecular complexity index is 272. The molecule has 3 N–H and O–H groups in total. The van der Waals surface area contributed by atoms with Gasteiger partial charge < -0.3 is 5.73 Å². The van der Waals surface area contributed by atoms with Crippen molar-refractivity contribution >= 4 is 6.03 Å². The molecule has 0 fully saturated rings. The van der Waals surface area contributed by atoms with Crippen molar-refractivity contribution in [1.82, 2.24) is 0 Å². The monoisotopic (exact) mass is 152 g/mol. The van der Waals surface area contributed by atoms with Crippen LogP contribution in [0.4, 0.5) is 4.79 Å². The Labute approximate surface area is 64.6 Å². The van der Waals surface area contributed by atoms with Crippen LogP contribution in [0.15, 0.2) is 24.4 Å². The third-order valence-electron chi connectivity index (χ3n) is 1.29. The second-order valence-electron chi connectivity index (χ2n) is 2.19. The van der Waals surface area contributed by atoms with E-state index in [4.69, 9.17) is 5.73 Å². The minimum absolute atomic E-state index is 0.565. The van der Waals surface area contributed by atoms with Crippen LogP contribution in [-0.2, 0) is 0 Å². The molecule has 1 rings (SSSR count). The Hall–Kier alpha value is -1.58. The Morgan fingerprint density at radius 1 is 1.64 bits per heavy atom. The number of primary amides is 1. The Morgan fingerprint density at radius 3 is 2.91 bits per heavy atom. The molecule has 2 amide bonds. The molecule has 0 bridgehead atoms. The van der Waals surface area contributed by atoms with Crippen molar-refractivity contribution in [2.75, 3.05) is 5.43 Å². The van der Waals surface area contributed by atoms with E-state index in [9.17, 15) is 4.79 Å². The number of hydrogen-bond donors (Lipinski definition) is 2. The molecule has 4 nitrogen and oxygen atoms in total. The zero-order valence-corrected chi connectivity index (χ0v) is 6.24. The number of amides is 2. The molecule has 0 radical (unpaired) electrons. The van der Waals surface area contributed by atoms with Crippen molar-refractivity contribution in [2.45, 2.75) is 6.92 Å². The Kier molecular flexibility index (Phi) is 2.06. The highest BCUT2D eigenvalue weighted by molar-refractivity contribution is 5.77. The number of urea groups is 1. The van der Waals surface area contributed by atoms with Crippen molar-refractivity contribution in [3.63, 3.8) is 0 Å². The summed E-state index contributed by atoms with van der Waals surface area (Å²) in [7, 11) is 0. The van der Waals surface area contributed by atoms with Crippen LogP contribution in [-0.4, -0.2) is 6.03 Å². The van der Waals surface area contributed by atoms with Crippen molar-refractivity contribution in [1.29, 1.82) is 0 Å². The maximum atomic E-state index is 10.4. The van der Waals surface area contributed by atoms with Crippen LogP contribution in [0.5, 0.6) is 0 Å². The van der Waals surface area contributed by atoms with Gasteiger partial charge in [0.05, 0.1) is 0 Å². The first-order valence-electron chi connectivity index (χ1n) is 3.24. The quantitative estimate of drug-likeness (QED) is 0.542. The molecular weight excluding hydrogens is 142 g/mol. The van der Waals surface area contributed by atoms with Crippen LogP contribution in [0.2, 0.25) is 0 Å². The van der Waals surface area contributed by atoms with E-state index < -0.39 is 6.03 Å². The fourth-order valence-electron chi connectivity index (χ4n) is 0.773. The van der Waals surface area contributed by atoms with E-state index in [0.29, 0.717) is 0 Å². The lowest BCUT2D eigenvalue weighted by atomic mass is 10.4. The van der Waals surface area contributed by atoms with Gasteiger partial charge in [-0.25, -0.2) is 4.79 Å². The smallest absolute Gasteiger partial charge is 0.347 e. The van der Waals surface area contributed by atoms with Gasteiger partial charge in [-0.05, 0) is 6.07 Å². The molecule has 0 aliphatic carbocycles. The van der Waals surface area contributed by atoms with Crippen LogP contribution in [0.3, 0.4) is 0 Å². The molecule has 4 heteroatoms. The maximum Gasteiger partial charge on any atom is 0.365 e. The van der Waals surface area contributed by atoms with E-state index >= 15 is 0 Å². The number of hydrogen-bond acceptors (Lipinski definition) is 1. The van der Waals surface area contributed by atoms with Crippen LogP contribution in [0.25, 0.3) is 0 Å². The summed E-state index contributed by atoms with van der Waals surface area (Å²) in [5.41, 5.74) is 8.27. The van der Waals surface area contributed by atoms with E-state index in [1.807, 2.05) is 25.1 Å². The average molecular weight is 152 g/mol. The van der Waals surface area contributed by atoms with Crippen LogP contribution < -0.4 is 15.8 Å². The largest absolute Gasteiger partial charge is 0.365 e. The molecule has 0 saturated carbocycles. The number of rotatable bonds is 1. The third kappa shape index (κ3) is 1.93. The number of aryl methyl sites for hydroxylation is 1. The van der Waals surface area contributed by atoms with Gasteiger partial charge in [-0.15, -0.1) is 5.43 Å². The van der Waals surface area contributed by atoms with Gasteiger partial charge in [-0.1, -0.05) is 4.68 Å². The van der Waals surface area contributed by atoms with Gasteiger partial charge in [0.1, 0.15) is 0 Å². The van der Waals surface area contributed by atoms with Gasteiger partial charge in [0, 0.05) is 19.1 Å². The van der Waals surface area contributed by atoms with Crippen LogP contribution in [0.1, 0.15) is 5.69 Å². The summed E-state index contributed by atoms with van der Waals surface area (Å²) >= 11 is 0. The first-order valence-corrected chi connectivity index (χ1v) is 3.24. The molecule has 0 aromatic carbocycles. The molecule has 1 heterocycles. The van der Waals surface area contributed by atoms with Crippen molar-refractivity contribution in [3.05, 3.63) is 30.1 Å². The molecule has 0 spiro atoms. The average Bonchev–Trinajstić information content (AvgIpc) is 1.93. The van der Waals surface area contributed by atoms with Crippen LogP contribution in [0, 0.1) is 6.92 Å². The molecule has 0 aliphatic heterocycles. The summed E-state index contributed by atoms with van der Waals surface area (Å²) in [6.45, 7) is 1.87. The summed E-state index contributed by atoms with van der Waals surface area (Å²) < 4.78 is 1.56. The number of pyridine rings is 1. The van der Waals surface area contributed by atoms with Crippen molar-refractivity contribution < 1.29 is 9.47 Å². The van der Waals surface area contributed by atoms with Gasteiger partial charge >= 0.3 is 6.03 Å². The third-order valence-corrected chi connectivity index (χ3v) is 1.29. The summed E-state index contributed by atoms with van der Waals surface area (Å²) in [6.07, 6.45) is 1.72. The summed E-state index contributed by atoms with van der Waals surface area (Å²) in [5, 5.41) is 0. The second-order valence-corrected chi connectivity index (χ2v) is 2.19. The van der Waals surface area contributed by atoms with Gasteiger partial charge in [-0.2, -0.15) is 0 Å². The predicted octanol–water partition coefficient (Wildman–Crippen LogP) is -0.0953. The van der Waals surface area contributed by atoms with Gasteiger partial charge in [0.15, 0.2) is 6.20 Å². The highest BCUT2D eigenvalue weighted by Crippen LogP contribution is 1.84. The van der Waals surface area contributed by atoms with Gasteiger partial charge in [0.25, 0.3) is 0 Å². The molecule has 0 atom stereocenters. The number of carbonyl (C=O) groups excluding carboxylic acids is 1. The summed E-state index contributed by atoms with van der Waals surface area (Å²) in [6, 6.07) is 5.00. The second kappa shape index (κ2) is 3.01. The molecule has 58 valence electrons. The minimum Gasteiger partial charge on any atom is -0.347 e. The summed E-state index contributed by atoms with van der Waals surface area (Å²) in [5.74, 6) is 0. The lowest BCUT2D eigenvalue weighted by Gasteiger charge is -1.95. The number of aromatic nitrogens is 1. The molecular formula is C7H10N3O+. The predicted molar refractivity (Wildman–Crippen MR) is 40.3 cm³/mol. The van der Waals surface area contributed by atoms with E-state index in [2.05, 4.69) is 5.43 Å². The Balaban J connectivity index is 2.86. The van der Waals surface area contributed by atoms with E-state index in [0.717, 1.165) is 5.69 Å². The molecule has 1 aromatic heterocycles.